The summed E-state index contributed by atoms with van der Waals surface area (Å²) in [5.74, 6) is 0. The quantitative estimate of drug-likeness (QED) is 0.889. The largest absolute Gasteiger partial charge is 0.369 e. The molecular formula is C17H27N3. The van der Waals surface area contributed by atoms with Crippen LogP contribution in [-0.2, 0) is 6.54 Å². The fourth-order valence-electron chi connectivity index (χ4n) is 2.99. The number of benzene rings is 1. The van der Waals surface area contributed by atoms with E-state index in [1.165, 1.54) is 37.2 Å². The van der Waals surface area contributed by atoms with Gasteiger partial charge in [0.25, 0.3) is 0 Å². The Morgan fingerprint density at radius 2 is 1.80 bits per heavy atom. The zero-order valence-corrected chi connectivity index (χ0v) is 12.8. The molecule has 1 saturated heterocycles. The lowest BCUT2D eigenvalue weighted by Gasteiger charge is -2.38. The Morgan fingerprint density at radius 3 is 2.45 bits per heavy atom. The summed E-state index contributed by atoms with van der Waals surface area (Å²) in [4.78, 5) is 5.13. The van der Waals surface area contributed by atoms with Gasteiger partial charge in [-0.2, -0.15) is 0 Å². The molecule has 2 aliphatic rings. The van der Waals surface area contributed by atoms with E-state index in [1.807, 2.05) is 0 Å². The predicted octanol–water partition coefficient (Wildman–Crippen LogP) is 2.47. The average molecular weight is 273 g/mol. The highest BCUT2D eigenvalue weighted by atomic mass is 15.3. The lowest BCUT2D eigenvalue weighted by Crippen LogP contribution is -2.49. The molecule has 0 unspecified atom stereocenters. The summed E-state index contributed by atoms with van der Waals surface area (Å²) >= 11 is 0. The first-order chi connectivity index (χ1) is 9.74. The molecule has 1 aromatic rings. The van der Waals surface area contributed by atoms with Gasteiger partial charge in [-0.05, 0) is 38.3 Å². The molecule has 1 aliphatic carbocycles. The number of hydrogen-bond acceptors (Lipinski definition) is 3. The Bertz CT molecular complexity index is 432. The molecule has 0 aromatic heterocycles. The van der Waals surface area contributed by atoms with Crippen molar-refractivity contribution in [2.75, 3.05) is 31.1 Å². The lowest BCUT2D eigenvalue weighted by atomic mass is 10.1. The van der Waals surface area contributed by atoms with Crippen LogP contribution in [0.15, 0.2) is 24.3 Å². The van der Waals surface area contributed by atoms with Gasteiger partial charge in [0.1, 0.15) is 0 Å². The molecule has 1 N–H and O–H groups in total. The standard InChI is InChI=1S/C17H27N3/c1-14(2)19-9-11-20(12-10-19)17-6-4-3-5-15(17)13-18-16-7-8-16/h3-6,14,16,18H,7-13H2,1-2H3. The molecule has 1 saturated carbocycles. The van der Waals surface area contributed by atoms with E-state index < -0.39 is 0 Å². The number of nitrogens with one attached hydrogen (secondary N) is 1. The molecule has 20 heavy (non-hydrogen) atoms. The van der Waals surface area contributed by atoms with Gasteiger partial charge in [-0.1, -0.05) is 18.2 Å². The molecule has 1 heterocycles. The summed E-state index contributed by atoms with van der Waals surface area (Å²) in [6, 6.07) is 10.3. The molecule has 1 aromatic carbocycles. The summed E-state index contributed by atoms with van der Waals surface area (Å²) in [7, 11) is 0. The van der Waals surface area contributed by atoms with Crippen molar-refractivity contribution in [1.29, 1.82) is 0 Å². The van der Waals surface area contributed by atoms with E-state index in [0.717, 1.165) is 25.7 Å². The Labute approximate surface area is 123 Å². The van der Waals surface area contributed by atoms with E-state index in [9.17, 15) is 0 Å². The first kappa shape index (κ1) is 13.9. The molecular weight excluding hydrogens is 246 g/mol. The predicted molar refractivity (Wildman–Crippen MR) is 85.2 cm³/mol. The van der Waals surface area contributed by atoms with Crippen LogP contribution >= 0.6 is 0 Å². The van der Waals surface area contributed by atoms with E-state index in [-0.39, 0.29) is 0 Å². The molecule has 0 atom stereocenters. The van der Waals surface area contributed by atoms with E-state index >= 15 is 0 Å². The first-order valence-corrected chi connectivity index (χ1v) is 8.04. The summed E-state index contributed by atoms with van der Waals surface area (Å²) < 4.78 is 0. The summed E-state index contributed by atoms with van der Waals surface area (Å²) in [6.07, 6.45) is 2.71. The summed E-state index contributed by atoms with van der Waals surface area (Å²) in [5, 5.41) is 3.64. The van der Waals surface area contributed by atoms with Gasteiger partial charge in [-0.25, -0.2) is 0 Å². The van der Waals surface area contributed by atoms with Gasteiger partial charge in [0.15, 0.2) is 0 Å². The van der Waals surface area contributed by atoms with Crippen LogP contribution in [0, 0.1) is 0 Å². The van der Waals surface area contributed by atoms with Crippen LogP contribution < -0.4 is 10.2 Å². The van der Waals surface area contributed by atoms with Gasteiger partial charge in [-0.3, -0.25) is 4.90 Å². The molecule has 3 heteroatoms. The third kappa shape index (κ3) is 3.33. The SMILES string of the molecule is CC(C)N1CCN(c2ccccc2CNC2CC2)CC1. The molecule has 110 valence electrons. The maximum atomic E-state index is 3.64. The van der Waals surface area contributed by atoms with Gasteiger partial charge in [-0.15, -0.1) is 0 Å². The van der Waals surface area contributed by atoms with Crippen LogP contribution in [0.3, 0.4) is 0 Å². The third-order valence-electron chi connectivity index (χ3n) is 4.54. The highest BCUT2D eigenvalue weighted by Gasteiger charge is 2.22. The topological polar surface area (TPSA) is 18.5 Å². The Hall–Kier alpha value is -1.06. The number of para-hydroxylation sites is 1. The third-order valence-corrected chi connectivity index (χ3v) is 4.54. The molecule has 0 spiro atoms. The highest BCUT2D eigenvalue weighted by molar-refractivity contribution is 5.54. The monoisotopic (exact) mass is 273 g/mol. The minimum atomic E-state index is 0.670. The fourth-order valence-corrected chi connectivity index (χ4v) is 2.99. The highest BCUT2D eigenvalue weighted by Crippen LogP contribution is 2.24. The second-order valence-electron chi connectivity index (χ2n) is 6.40. The smallest absolute Gasteiger partial charge is 0.0412 e. The van der Waals surface area contributed by atoms with Crippen LogP contribution in [0.1, 0.15) is 32.3 Å². The minimum Gasteiger partial charge on any atom is -0.369 e. The van der Waals surface area contributed by atoms with Crippen molar-refractivity contribution in [1.82, 2.24) is 10.2 Å². The maximum absolute atomic E-state index is 3.64. The van der Waals surface area contributed by atoms with E-state index in [4.69, 9.17) is 0 Å². The number of nitrogens with zero attached hydrogens (tertiary/aromatic N) is 2. The lowest BCUT2D eigenvalue weighted by molar-refractivity contribution is 0.209. The van der Waals surface area contributed by atoms with Crippen LogP contribution in [0.25, 0.3) is 0 Å². The summed E-state index contributed by atoms with van der Waals surface area (Å²) in [5.41, 5.74) is 2.89. The Balaban J connectivity index is 1.64. The van der Waals surface area contributed by atoms with E-state index in [2.05, 4.69) is 53.2 Å². The minimum absolute atomic E-state index is 0.670. The molecule has 3 nitrogen and oxygen atoms in total. The normalized spacial score (nSPS) is 20.6. The second-order valence-corrected chi connectivity index (χ2v) is 6.40. The van der Waals surface area contributed by atoms with Crippen molar-refractivity contribution in [3.63, 3.8) is 0 Å². The van der Waals surface area contributed by atoms with Crippen LogP contribution in [0.2, 0.25) is 0 Å². The van der Waals surface area contributed by atoms with Crippen molar-refractivity contribution in [2.24, 2.45) is 0 Å². The first-order valence-electron chi connectivity index (χ1n) is 8.04. The zero-order valence-electron chi connectivity index (χ0n) is 12.8. The Morgan fingerprint density at radius 1 is 1.10 bits per heavy atom. The van der Waals surface area contributed by atoms with Crippen LogP contribution in [-0.4, -0.2) is 43.2 Å². The molecule has 1 aliphatic heterocycles. The van der Waals surface area contributed by atoms with Gasteiger partial charge in [0.2, 0.25) is 0 Å². The molecule has 0 bridgehead atoms. The van der Waals surface area contributed by atoms with E-state index in [1.54, 1.807) is 0 Å². The molecule has 3 rings (SSSR count). The number of rotatable bonds is 5. The van der Waals surface area contributed by atoms with Gasteiger partial charge in [0.05, 0.1) is 0 Å². The van der Waals surface area contributed by atoms with Gasteiger partial charge >= 0.3 is 0 Å². The molecule has 0 radical (unpaired) electrons. The Kier molecular flexibility index (Phi) is 4.27. The van der Waals surface area contributed by atoms with Crippen molar-refractivity contribution in [3.05, 3.63) is 29.8 Å². The van der Waals surface area contributed by atoms with Crippen molar-refractivity contribution in [2.45, 2.75) is 45.3 Å². The number of piperazine rings is 1. The number of anilines is 1. The maximum Gasteiger partial charge on any atom is 0.0412 e. The van der Waals surface area contributed by atoms with Gasteiger partial charge < -0.3 is 10.2 Å². The van der Waals surface area contributed by atoms with Crippen LogP contribution in [0.4, 0.5) is 5.69 Å². The van der Waals surface area contributed by atoms with E-state index in [0.29, 0.717) is 6.04 Å². The second kappa shape index (κ2) is 6.15. The summed E-state index contributed by atoms with van der Waals surface area (Å²) in [6.45, 7) is 10.3. The number of hydrogen-bond donors (Lipinski definition) is 1. The van der Waals surface area contributed by atoms with Crippen LogP contribution in [0.5, 0.6) is 0 Å². The van der Waals surface area contributed by atoms with Crippen molar-refractivity contribution in [3.8, 4) is 0 Å². The molecule has 0 amide bonds. The van der Waals surface area contributed by atoms with Crippen molar-refractivity contribution >= 4 is 5.69 Å². The van der Waals surface area contributed by atoms with Gasteiger partial charge in [0, 0.05) is 50.5 Å². The molecule has 2 fully saturated rings. The fraction of sp³-hybridized carbons (Fsp3) is 0.647. The average Bonchev–Trinajstić information content (AvgIpc) is 3.30. The zero-order chi connectivity index (χ0) is 13.9. The van der Waals surface area contributed by atoms with Crippen molar-refractivity contribution < 1.29 is 0 Å².